The summed E-state index contributed by atoms with van der Waals surface area (Å²) < 4.78 is 0. The predicted octanol–water partition coefficient (Wildman–Crippen LogP) is 1.43. The maximum absolute atomic E-state index is 11.4. The Morgan fingerprint density at radius 1 is 1.62 bits per heavy atom. The summed E-state index contributed by atoms with van der Waals surface area (Å²) in [5.41, 5.74) is 7.14. The molecule has 1 rings (SSSR count). The van der Waals surface area contributed by atoms with Crippen LogP contribution >= 0.6 is 0 Å². The summed E-state index contributed by atoms with van der Waals surface area (Å²) in [6.45, 7) is 3.77. The van der Waals surface area contributed by atoms with Crippen molar-refractivity contribution in [2.24, 2.45) is 5.92 Å². The van der Waals surface area contributed by atoms with Crippen LogP contribution in [-0.4, -0.2) is 10.8 Å². The minimum Gasteiger partial charge on any atom is -0.398 e. The molecule has 0 aliphatic heterocycles. The number of aromatic nitrogens is 1. The van der Waals surface area contributed by atoms with Gasteiger partial charge in [0.2, 0.25) is 0 Å². The number of ketones is 1. The monoisotopic (exact) mass is 178 g/mol. The molecule has 0 aliphatic rings. The van der Waals surface area contributed by atoms with Crippen molar-refractivity contribution in [3.8, 4) is 0 Å². The zero-order valence-corrected chi connectivity index (χ0v) is 7.95. The van der Waals surface area contributed by atoms with E-state index in [9.17, 15) is 4.79 Å². The van der Waals surface area contributed by atoms with Crippen molar-refractivity contribution >= 4 is 11.5 Å². The van der Waals surface area contributed by atoms with E-state index in [2.05, 4.69) is 4.98 Å². The van der Waals surface area contributed by atoms with Gasteiger partial charge >= 0.3 is 0 Å². The van der Waals surface area contributed by atoms with Gasteiger partial charge < -0.3 is 5.73 Å². The summed E-state index contributed by atoms with van der Waals surface area (Å²) in [7, 11) is 0. The fourth-order valence-corrected chi connectivity index (χ4v) is 0.977. The van der Waals surface area contributed by atoms with Crippen molar-refractivity contribution < 1.29 is 4.79 Å². The van der Waals surface area contributed by atoms with Gasteiger partial charge in [-0.15, -0.1) is 0 Å². The van der Waals surface area contributed by atoms with E-state index in [0.717, 1.165) is 5.56 Å². The van der Waals surface area contributed by atoms with Crippen molar-refractivity contribution in [1.29, 1.82) is 0 Å². The Kier molecular flexibility index (Phi) is 3.01. The highest BCUT2D eigenvalue weighted by Gasteiger charge is 2.09. The van der Waals surface area contributed by atoms with Crippen LogP contribution in [0.4, 0.5) is 5.69 Å². The third kappa shape index (κ3) is 2.54. The highest BCUT2D eigenvalue weighted by atomic mass is 16.1. The number of pyridine rings is 1. The van der Waals surface area contributed by atoms with Crippen LogP contribution in [0, 0.1) is 5.92 Å². The van der Waals surface area contributed by atoms with Crippen LogP contribution < -0.4 is 5.73 Å². The quantitative estimate of drug-likeness (QED) is 0.761. The molecule has 2 N–H and O–H groups in total. The number of hydrogen-bond donors (Lipinski definition) is 1. The lowest BCUT2D eigenvalue weighted by Gasteiger charge is -2.05. The van der Waals surface area contributed by atoms with E-state index in [1.165, 1.54) is 0 Å². The molecular formula is C10H14N2O. The number of nitrogen functional groups attached to an aromatic ring is 1. The molecule has 0 saturated carbocycles. The van der Waals surface area contributed by atoms with Crippen molar-refractivity contribution in [3.63, 3.8) is 0 Å². The van der Waals surface area contributed by atoms with E-state index >= 15 is 0 Å². The normalized spacial score (nSPS) is 10.4. The molecule has 0 radical (unpaired) electrons. The van der Waals surface area contributed by atoms with Crippen molar-refractivity contribution in [2.75, 3.05) is 5.73 Å². The third-order valence-corrected chi connectivity index (χ3v) is 1.95. The van der Waals surface area contributed by atoms with Gasteiger partial charge in [-0.25, -0.2) is 0 Å². The van der Waals surface area contributed by atoms with Crippen molar-refractivity contribution in [1.82, 2.24) is 4.98 Å². The molecule has 1 heterocycles. The van der Waals surface area contributed by atoms with Crippen LogP contribution in [0.15, 0.2) is 18.5 Å². The molecule has 0 spiro atoms. The molecule has 0 aromatic carbocycles. The number of hydrogen-bond acceptors (Lipinski definition) is 3. The zero-order valence-electron chi connectivity index (χ0n) is 7.95. The first-order valence-electron chi connectivity index (χ1n) is 4.32. The molecular weight excluding hydrogens is 164 g/mol. The Labute approximate surface area is 78.0 Å². The summed E-state index contributed by atoms with van der Waals surface area (Å²) in [5.74, 6) is 0.249. The molecule has 1 aromatic heterocycles. The summed E-state index contributed by atoms with van der Waals surface area (Å²) >= 11 is 0. The molecule has 0 fully saturated rings. The highest BCUT2D eigenvalue weighted by Crippen LogP contribution is 2.11. The maximum atomic E-state index is 11.4. The van der Waals surface area contributed by atoms with Gasteiger partial charge in [-0.1, -0.05) is 13.8 Å². The highest BCUT2D eigenvalue weighted by molar-refractivity contribution is 5.83. The van der Waals surface area contributed by atoms with Crippen LogP contribution in [0.3, 0.4) is 0 Å². The summed E-state index contributed by atoms with van der Waals surface area (Å²) in [6.07, 6.45) is 3.66. The number of Topliss-reactive ketones (excluding diaryl/α,β-unsaturated/α-hetero) is 1. The Balaban J connectivity index is 2.75. The third-order valence-electron chi connectivity index (χ3n) is 1.95. The van der Waals surface area contributed by atoms with Gasteiger partial charge in [-0.3, -0.25) is 9.78 Å². The number of rotatable bonds is 3. The summed E-state index contributed by atoms with van der Waals surface area (Å²) in [5, 5.41) is 0. The van der Waals surface area contributed by atoms with Gasteiger partial charge in [0.1, 0.15) is 5.78 Å². The fraction of sp³-hybridized carbons (Fsp3) is 0.400. The first kappa shape index (κ1) is 9.71. The van der Waals surface area contributed by atoms with E-state index in [4.69, 9.17) is 5.73 Å². The van der Waals surface area contributed by atoms with Gasteiger partial charge in [-0.2, -0.15) is 0 Å². The minimum atomic E-state index is 0.0552. The Hall–Kier alpha value is -1.38. The largest absolute Gasteiger partial charge is 0.398 e. The smallest absolute Gasteiger partial charge is 0.139 e. The molecule has 0 saturated heterocycles. The van der Waals surface area contributed by atoms with E-state index in [0.29, 0.717) is 12.1 Å². The van der Waals surface area contributed by atoms with Gasteiger partial charge in [0.15, 0.2) is 0 Å². The molecule has 3 nitrogen and oxygen atoms in total. The summed E-state index contributed by atoms with van der Waals surface area (Å²) in [6, 6.07) is 1.71. The molecule has 3 heteroatoms. The maximum Gasteiger partial charge on any atom is 0.139 e. The Morgan fingerprint density at radius 3 is 2.85 bits per heavy atom. The lowest BCUT2D eigenvalue weighted by atomic mass is 10.0. The fourth-order valence-electron chi connectivity index (χ4n) is 0.977. The second kappa shape index (κ2) is 4.03. The first-order valence-corrected chi connectivity index (χ1v) is 4.32. The van der Waals surface area contributed by atoms with E-state index in [1.807, 2.05) is 13.8 Å². The molecule has 0 unspecified atom stereocenters. The SMILES string of the molecule is CC(C)C(=O)Cc1cnccc1N. The van der Waals surface area contributed by atoms with Gasteiger partial charge in [-0.05, 0) is 6.07 Å². The number of carbonyl (C=O) groups excluding carboxylic acids is 1. The van der Waals surface area contributed by atoms with E-state index in [1.54, 1.807) is 18.5 Å². The van der Waals surface area contributed by atoms with Gasteiger partial charge in [0.05, 0.1) is 0 Å². The standard InChI is InChI=1S/C10H14N2O/c1-7(2)10(13)5-8-6-12-4-3-9(8)11/h3-4,6-7H,5H2,1-2H3,(H2,11,12). The van der Waals surface area contributed by atoms with Gasteiger partial charge in [0, 0.05) is 36.0 Å². The first-order chi connectivity index (χ1) is 6.11. The predicted molar refractivity (Wildman–Crippen MR) is 52.2 cm³/mol. The van der Waals surface area contributed by atoms with Crippen molar-refractivity contribution in [3.05, 3.63) is 24.0 Å². The second-order valence-electron chi connectivity index (χ2n) is 3.37. The average molecular weight is 178 g/mol. The molecule has 0 bridgehead atoms. The molecule has 0 aliphatic carbocycles. The van der Waals surface area contributed by atoms with E-state index in [-0.39, 0.29) is 11.7 Å². The number of anilines is 1. The number of carbonyl (C=O) groups is 1. The number of nitrogens with zero attached hydrogens (tertiary/aromatic N) is 1. The Morgan fingerprint density at radius 2 is 2.31 bits per heavy atom. The van der Waals surface area contributed by atoms with Crippen LogP contribution in [0.25, 0.3) is 0 Å². The lowest BCUT2D eigenvalue weighted by molar-refractivity contribution is -0.121. The van der Waals surface area contributed by atoms with Crippen LogP contribution in [-0.2, 0) is 11.2 Å². The van der Waals surface area contributed by atoms with Crippen LogP contribution in [0.5, 0.6) is 0 Å². The molecule has 1 aromatic rings. The Bertz CT molecular complexity index is 308. The molecule has 0 amide bonds. The second-order valence-corrected chi connectivity index (χ2v) is 3.37. The lowest BCUT2D eigenvalue weighted by Crippen LogP contribution is -2.11. The average Bonchev–Trinajstić information content (AvgIpc) is 2.08. The zero-order chi connectivity index (χ0) is 9.84. The topological polar surface area (TPSA) is 56.0 Å². The minimum absolute atomic E-state index is 0.0552. The van der Waals surface area contributed by atoms with Crippen LogP contribution in [0.1, 0.15) is 19.4 Å². The molecule has 0 atom stereocenters. The number of nitrogens with two attached hydrogens (primary N) is 1. The van der Waals surface area contributed by atoms with Gasteiger partial charge in [0.25, 0.3) is 0 Å². The van der Waals surface area contributed by atoms with Crippen LogP contribution in [0.2, 0.25) is 0 Å². The molecule has 13 heavy (non-hydrogen) atoms. The van der Waals surface area contributed by atoms with E-state index < -0.39 is 0 Å². The molecule has 70 valence electrons. The summed E-state index contributed by atoms with van der Waals surface area (Å²) in [4.78, 5) is 15.3. The van der Waals surface area contributed by atoms with Crippen molar-refractivity contribution in [2.45, 2.75) is 20.3 Å².